The van der Waals surface area contributed by atoms with Crippen LogP contribution in [-0.4, -0.2) is 15.1 Å². The fourth-order valence-electron chi connectivity index (χ4n) is 2.30. The average Bonchev–Trinajstić information content (AvgIpc) is 3.17. The van der Waals surface area contributed by atoms with Crippen molar-refractivity contribution in [2.45, 2.75) is 45.2 Å². The molecular weight excluding hydrogens is 337 g/mol. The van der Waals surface area contributed by atoms with Gasteiger partial charge < -0.3 is 5.32 Å². The highest BCUT2D eigenvalue weighted by Crippen LogP contribution is 2.37. The molecule has 0 saturated heterocycles. The van der Waals surface area contributed by atoms with Crippen LogP contribution in [-0.2, 0) is 0 Å². The zero-order valence-electron chi connectivity index (χ0n) is 12.2. The summed E-state index contributed by atoms with van der Waals surface area (Å²) < 4.78 is 15.6. The monoisotopic (exact) mass is 353 g/mol. The summed E-state index contributed by atoms with van der Waals surface area (Å²) in [6.07, 6.45) is 1.96. The smallest absolute Gasteiger partial charge is 0.263 e. The van der Waals surface area contributed by atoms with Gasteiger partial charge in [0, 0.05) is 11.6 Å². The van der Waals surface area contributed by atoms with Crippen LogP contribution in [0.4, 0.5) is 10.3 Å². The molecule has 1 N–H and O–H groups in total. The summed E-state index contributed by atoms with van der Waals surface area (Å²) in [6, 6.07) is 3.00. The van der Waals surface area contributed by atoms with Crippen LogP contribution in [0.1, 0.15) is 39.7 Å². The van der Waals surface area contributed by atoms with Crippen molar-refractivity contribution in [2.24, 2.45) is 0 Å². The fraction of sp³-hybridized carbons (Fsp3) is 0.467. The highest BCUT2D eigenvalue weighted by molar-refractivity contribution is 9.10. The lowest BCUT2D eigenvalue weighted by Crippen LogP contribution is -2.33. The second-order valence-electron chi connectivity index (χ2n) is 6.47. The van der Waals surface area contributed by atoms with Crippen LogP contribution in [0.3, 0.4) is 0 Å². The number of benzene rings is 1. The first-order valence-electron chi connectivity index (χ1n) is 6.96. The topological polar surface area (TPSA) is 46.9 Å². The Morgan fingerprint density at radius 2 is 2.05 bits per heavy atom. The molecule has 0 unspecified atom stereocenters. The number of halogens is 2. The maximum atomic E-state index is 13.7. The summed E-state index contributed by atoms with van der Waals surface area (Å²) in [4.78, 5) is 17.2. The second kappa shape index (κ2) is 4.80. The van der Waals surface area contributed by atoms with Crippen molar-refractivity contribution in [1.82, 2.24) is 9.55 Å². The fourth-order valence-corrected chi connectivity index (χ4v) is 2.74. The van der Waals surface area contributed by atoms with Crippen LogP contribution >= 0.6 is 15.9 Å². The molecule has 1 heterocycles. The molecule has 1 aliphatic carbocycles. The SMILES string of the molecule is CC(C)(C)Nc1nc2c(Br)c(F)ccc2c(=O)n1C1CC1. The Balaban J connectivity index is 2.31. The quantitative estimate of drug-likeness (QED) is 0.891. The van der Waals surface area contributed by atoms with Crippen molar-refractivity contribution in [3.63, 3.8) is 0 Å². The first-order valence-corrected chi connectivity index (χ1v) is 7.75. The molecule has 6 heteroatoms. The summed E-state index contributed by atoms with van der Waals surface area (Å²) in [5.74, 6) is 0.0917. The Labute approximate surface area is 130 Å². The molecule has 2 aromatic rings. The molecule has 0 bridgehead atoms. The molecule has 1 saturated carbocycles. The van der Waals surface area contributed by atoms with E-state index in [4.69, 9.17) is 0 Å². The minimum Gasteiger partial charge on any atom is -0.351 e. The van der Waals surface area contributed by atoms with Crippen LogP contribution in [0.5, 0.6) is 0 Å². The molecule has 1 aromatic heterocycles. The first-order chi connectivity index (χ1) is 9.78. The third kappa shape index (κ3) is 2.69. The number of fused-ring (bicyclic) bond motifs is 1. The van der Waals surface area contributed by atoms with Gasteiger partial charge in [0.05, 0.1) is 15.4 Å². The summed E-state index contributed by atoms with van der Waals surface area (Å²) in [7, 11) is 0. The number of nitrogens with zero attached hydrogens (tertiary/aromatic N) is 2. The van der Waals surface area contributed by atoms with E-state index in [9.17, 15) is 9.18 Å². The zero-order chi connectivity index (χ0) is 15.4. The Morgan fingerprint density at radius 1 is 1.38 bits per heavy atom. The molecule has 4 nitrogen and oxygen atoms in total. The standard InChI is InChI=1S/C15H17BrFN3O/c1-15(2,3)19-14-18-12-9(6-7-10(17)11(12)16)13(21)20(14)8-4-5-8/h6-8H,4-5H2,1-3H3,(H,18,19). The van der Waals surface area contributed by atoms with Crippen molar-refractivity contribution in [1.29, 1.82) is 0 Å². The molecule has 0 spiro atoms. The predicted octanol–water partition coefficient (Wildman–Crippen LogP) is 3.84. The Hall–Kier alpha value is -1.43. The Morgan fingerprint density at radius 3 is 2.62 bits per heavy atom. The van der Waals surface area contributed by atoms with E-state index < -0.39 is 5.82 Å². The third-order valence-electron chi connectivity index (χ3n) is 3.36. The van der Waals surface area contributed by atoms with Crippen molar-refractivity contribution >= 4 is 32.8 Å². The van der Waals surface area contributed by atoms with Gasteiger partial charge in [0.15, 0.2) is 0 Å². The van der Waals surface area contributed by atoms with Crippen LogP contribution < -0.4 is 10.9 Å². The highest BCUT2D eigenvalue weighted by atomic mass is 79.9. The second-order valence-corrected chi connectivity index (χ2v) is 7.27. The molecule has 1 aliphatic rings. The van der Waals surface area contributed by atoms with Gasteiger partial charge in [0.1, 0.15) is 5.82 Å². The maximum Gasteiger partial charge on any atom is 0.263 e. The molecule has 112 valence electrons. The number of anilines is 1. The van der Waals surface area contributed by atoms with Crippen LogP contribution in [0.15, 0.2) is 21.4 Å². The molecule has 0 aliphatic heterocycles. The van der Waals surface area contributed by atoms with E-state index in [0.717, 1.165) is 12.8 Å². The molecule has 1 aromatic carbocycles. The van der Waals surface area contributed by atoms with Crippen LogP contribution in [0, 0.1) is 5.82 Å². The zero-order valence-corrected chi connectivity index (χ0v) is 13.8. The number of rotatable bonds is 2. The van der Waals surface area contributed by atoms with E-state index in [0.29, 0.717) is 16.9 Å². The molecule has 0 atom stereocenters. The maximum absolute atomic E-state index is 13.7. The van der Waals surface area contributed by atoms with Gasteiger partial charge >= 0.3 is 0 Å². The van der Waals surface area contributed by atoms with Crippen molar-refractivity contribution in [3.8, 4) is 0 Å². The summed E-state index contributed by atoms with van der Waals surface area (Å²) in [5.41, 5.74) is 0.0161. The van der Waals surface area contributed by atoms with E-state index in [2.05, 4.69) is 26.2 Å². The number of hydrogen-bond donors (Lipinski definition) is 1. The van der Waals surface area contributed by atoms with Crippen LogP contribution in [0.25, 0.3) is 10.9 Å². The lowest BCUT2D eigenvalue weighted by molar-refractivity contribution is 0.600. The molecule has 3 rings (SSSR count). The molecular formula is C15H17BrFN3O. The summed E-state index contributed by atoms with van der Waals surface area (Å²) in [5, 5.41) is 3.70. The van der Waals surface area contributed by atoms with E-state index in [1.807, 2.05) is 20.8 Å². The first kappa shape index (κ1) is 14.5. The molecule has 21 heavy (non-hydrogen) atoms. The van der Waals surface area contributed by atoms with Gasteiger partial charge in [-0.25, -0.2) is 9.37 Å². The predicted molar refractivity (Wildman–Crippen MR) is 85.3 cm³/mol. The number of hydrogen-bond acceptors (Lipinski definition) is 3. The average molecular weight is 354 g/mol. The Kier molecular flexibility index (Phi) is 3.31. The van der Waals surface area contributed by atoms with Gasteiger partial charge in [0.25, 0.3) is 5.56 Å². The Bertz CT molecular complexity index is 775. The third-order valence-corrected chi connectivity index (χ3v) is 4.12. The lowest BCUT2D eigenvalue weighted by atomic mass is 10.1. The van der Waals surface area contributed by atoms with Crippen molar-refractivity contribution in [2.75, 3.05) is 5.32 Å². The number of nitrogens with one attached hydrogen (secondary N) is 1. The van der Waals surface area contributed by atoms with Gasteiger partial charge in [-0.2, -0.15) is 0 Å². The van der Waals surface area contributed by atoms with E-state index >= 15 is 0 Å². The van der Waals surface area contributed by atoms with Gasteiger partial charge in [0.2, 0.25) is 5.95 Å². The number of aromatic nitrogens is 2. The van der Waals surface area contributed by atoms with Gasteiger partial charge in [-0.1, -0.05) is 0 Å². The molecule has 0 amide bonds. The normalized spacial score (nSPS) is 15.5. The highest BCUT2D eigenvalue weighted by Gasteiger charge is 2.30. The van der Waals surface area contributed by atoms with Crippen molar-refractivity contribution in [3.05, 3.63) is 32.8 Å². The van der Waals surface area contributed by atoms with E-state index in [1.54, 1.807) is 4.57 Å². The van der Waals surface area contributed by atoms with Gasteiger partial charge in [-0.15, -0.1) is 0 Å². The van der Waals surface area contributed by atoms with E-state index in [1.165, 1.54) is 12.1 Å². The van der Waals surface area contributed by atoms with Gasteiger partial charge in [-0.05, 0) is 61.7 Å². The van der Waals surface area contributed by atoms with E-state index in [-0.39, 0.29) is 21.6 Å². The lowest BCUT2D eigenvalue weighted by Gasteiger charge is -2.24. The minimum atomic E-state index is -0.416. The van der Waals surface area contributed by atoms with Crippen molar-refractivity contribution < 1.29 is 4.39 Å². The minimum absolute atomic E-state index is 0.116. The summed E-state index contributed by atoms with van der Waals surface area (Å²) >= 11 is 3.19. The molecule has 1 fully saturated rings. The largest absolute Gasteiger partial charge is 0.351 e. The van der Waals surface area contributed by atoms with Gasteiger partial charge in [-0.3, -0.25) is 9.36 Å². The summed E-state index contributed by atoms with van der Waals surface area (Å²) in [6.45, 7) is 6.00. The molecule has 0 radical (unpaired) electrons. The van der Waals surface area contributed by atoms with Crippen LogP contribution in [0.2, 0.25) is 0 Å².